The van der Waals surface area contributed by atoms with Crippen LogP contribution in [0.4, 0.5) is 5.69 Å². The maximum absolute atomic E-state index is 11.0. The van der Waals surface area contributed by atoms with E-state index in [4.69, 9.17) is 4.74 Å². The first-order valence-corrected chi connectivity index (χ1v) is 8.35. The third-order valence-corrected chi connectivity index (χ3v) is 5.05. The molecule has 0 bridgehead atoms. The van der Waals surface area contributed by atoms with Crippen molar-refractivity contribution in [2.45, 2.75) is 44.0 Å². The number of rotatable bonds is 7. The van der Waals surface area contributed by atoms with Crippen molar-refractivity contribution in [3.05, 3.63) is 33.9 Å². The van der Waals surface area contributed by atoms with Gasteiger partial charge in [0.25, 0.3) is 0 Å². The zero-order chi connectivity index (χ0) is 15.2. The third-order valence-electron chi connectivity index (χ3n) is 3.82. The van der Waals surface area contributed by atoms with Gasteiger partial charge in [0.15, 0.2) is 5.75 Å². The Balaban J connectivity index is 1.92. The lowest BCUT2D eigenvalue weighted by Gasteiger charge is -2.13. The van der Waals surface area contributed by atoms with E-state index >= 15 is 0 Å². The van der Waals surface area contributed by atoms with Gasteiger partial charge in [-0.3, -0.25) is 10.1 Å². The van der Waals surface area contributed by atoms with Crippen LogP contribution >= 0.6 is 11.8 Å². The van der Waals surface area contributed by atoms with Crippen molar-refractivity contribution in [2.24, 2.45) is 0 Å². The van der Waals surface area contributed by atoms with Gasteiger partial charge in [0.1, 0.15) is 0 Å². The maximum atomic E-state index is 11.0. The average Bonchev–Trinajstić information content (AvgIpc) is 2.93. The highest BCUT2D eigenvalue weighted by atomic mass is 32.2. The lowest BCUT2D eigenvalue weighted by molar-refractivity contribution is -0.385. The molecule has 0 radical (unpaired) electrons. The van der Waals surface area contributed by atoms with E-state index in [1.165, 1.54) is 32.1 Å². The first kappa shape index (κ1) is 16.1. The summed E-state index contributed by atoms with van der Waals surface area (Å²) in [6, 6.07) is 5.67. The van der Waals surface area contributed by atoms with Crippen LogP contribution in [0.3, 0.4) is 0 Å². The summed E-state index contributed by atoms with van der Waals surface area (Å²) in [6.45, 7) is 2.86. The Hall–Kier alpha value is -1.27. The number of nitrogens with one attached hydrogen (secondary N) is 1. The standard InChI is InChI=1S/C15H22N2O3S/c1-3-21-13-6-5-12(9-13)16-10-11-4-7-15(20-2)14(8-11)17(18)19/h4,7-8,12-13,16H,3,5-6,9-10H2,1-2H3. The van der Waals surface area contributed by atoms with E-state index in [0.717, 1.165) is 10.8 Å². The molecule has 0 spiro atoms. The van der Waals surface area contributed by atoms with Gasteiger partial charge in [-0.1, -0.05) is 13.0 Å². The van der Waals surface area contributed by atoms with Crippen LogP contribution in [-0.4, -0.2) is 29.1 Å². The molecule has 0 saturated heterocycles. The minimum absolute atomic E-state index is 0.0302. The molecule has 2 rings (SSSR count). The molecule has 2 unspecified atom stereocenters. The van der Waals surface area contributed by atoms with Crippen molar-refractivity contribution in [3.63, 3.8) is 0 Å². The molecule has 5 nitrogen and oxygen atoms in total. The van der Waals surface area contributed by atoms with Gasteiger partial charge < -0.3 is 10.1 Å². The first-order valence-electron chi connectivity index (χ1n) is 7.30. The van der Waals surface area contributed by atoms with E-state index in [-0.39, 0.29) is 5.69 Å². The Morgan fingerprint density at radius 1 is 1.48 bits per heavy atom. The zero-order valence-electron chi connectivity index (χ0n) is 12.5. The predicted octanol–water partition coefficient (Wildman–Crippen LogP) is 3.37. The van der Waals surface area contributed by atoms with Crippen molar-refractivity contribution in [3.8, 4) is 5.75 Å². The number of thioether (sulfide) groups is 1. The summed E-state index contributed by atoms with van der Waals surface area (Å²) in [4.78, 5) is 10.6. The SMILES string of the molecule is CCSC1CCC(NCc2ccc(OC)c([N+](=O)[O-])c2)C1. The highest BCUT2D eigenvalue weighted by molar-refractivity contribution is 7.99. The van der Waals surface area contributed by atoms with Gasteiger partial charge in [-0.15, -0.1) is 0 Å². The summed E-state index contributed by atoms with van der Waals surface area (Å²) in [5, 5.41) is 15.3. The number of ether oxygens (including phenoxy) is 1. The lowest BCUT2D eigenvalue weighted by Crippen LogP contribution is -2.26. The molecule has 2 atom stereocenters. The second-order valence-corrected chi connectivity index (χ2v) is 6.81. The van der Waals surface area contributed by atoms with E-state index in [1.807, 2.05) is 17.8 Å². The Kier molecular flexibility index (Phi) is 5.87. The topological polar surface area (TPSA) is 64.4 Å². The highest BCUT2D eigenvalue weighted by Crippen LogP contribution is 2.30. The second kappa shape index (κ2) is 7.66. The van der Waals surface area contributed by atoms with Gasteiger partial charge in [-0.2, -0.15) is 11.8 Å². The monoisotopic (exact) mass is 310 g/mol. The van der Waals surface area contributed by atoms with Crippen molar-refractivity contribution >= 4 is 17.4 Å². The molecular weight excluding hydrogens is 288 g/mol. The summed E-state index contributed by atoms with van der Waals surface area (Å²) < 4.78 is 5.02. The molecular formula is C15H22N2O3S. The lowest BCUT2D eigenvalue weighted by atomic mass is 10.1. The van der Waals surface area contributed by atoms with E-state index in [1.54, 1.807) is 12.1 Å². The molecule has 6 heteroatoms. The minimum Gasteiger partial charge on any atom is -0.490 e. The van der Waals surface area contributed by atoms with Gasteiger partial charge in [-0.25, -0.2) is 0 Å². The zero-order valence-corrected chi connectivity index (χ0v) is 13.3. The summed E-state index contributed by atoms with van der Waals surface area (Å²) in [5.74, 6) is 1.48. The van der Waals surface area contributed by atoms with E-state index in [2.05, 4.69) is 12.2 Å². The maximum Gasteiger partial charge on any atom is 0.311 e. The molecule has 116 valence electrons. The average molecular weight is 310 g/mol. The Labute approximate surface area is 129 Å². The number of benzene rings is 1. The smallest absolute Gasteiger partial charge is 0.311 e. The molecule has 0 amide bonds. The molecule has 1 aromatic carbocycles. The largest absolute Gasteiger partial charge is 0.490 e. The predicted molar refractivity (Wildman–Crippen MR) is 86.0 cm³/mol. The molecule has 1 aromatic rings. The van der Waals surface area contributed by atoms with Gasteiger partial charge in [0.2, 0.25) is 0 Å². The van der Waals surface area contributed by atoms with Gasteiger partial charge in [-0.05, 0) is 36.6 Å². The summed E-state index contributed by atoms with van der Waals surface area (Å²) in [6.07, 6.45) is 3.64. The van der Waals surface area contributed by atoms with E-state index < -0.39 is 4.92 Å². The van der Waals surface area contributed by atoms with Crippen molar-refractivity contribution in [1.82, 2.24) is 5.32 Å². The number of hydrogen-bond donors (Lipinski definition) is 1. The molecule has 0 heterocycles. The molecule has 1 fully saturated rings. The Bertz CT molecular complexity index is 496. The molecule has 1 aliphatic carbocycles. The fraction of sp³-hybridized carbons (Fsp3) is 0.600. The van der Waals surface area contributed by atoms with Crippen LogP contribution in [0, 0.1) is 10.1 Å². The summed E-state index contributed by atoms with van der Waals surface area (Å²) >= 11 is 2.03. The fourth-order valence-corrected chi connectivity index (χ4v) is 3.91. The van der Waals surface area contributed by atoms with Crippen LogP contribution in [0.1, 0.15) is 31.7 Å². The van der Waals surface area contributed by atoms with Gasteiger partial charge in [0.05, 0.1) is 12.0 Å². The van der Waals surface area contributed by atoms with Crippen LogP contribution in [0.25, 0.3) is 0 Å². The van der Waals surface area contributed by atoms with Crippen LogP contribution < -0.4 is 10.1 Å². The first-order chi connectivity index (χ1) is 10.1. The molecule has 0 aromatic heterocycles. The molecule has 1 aliphatic rings. The quantitative estimate of drug-likeness (QED) is 0.618. The van der Waals surface area contributed by atoms with Crippen LogP contribution in [0.15, 0.2) is 18.2 Å². The molecule has 0 aliphatic heterocycles. The van der Waals surface area contributed by atoms with Crippen LogP contribution in [0.2, 0.25) is 0 Å². The number of nitro benzene ring substituents is 1. The van der Waals surface area contributed by atoms with Crippen molar-refractivity contribution < 1.29 is 9.66 Å². The Morgan fingerprint density at radius 3 is 2.95 bits per heavy atom. The number of methoxy groups -OCH3 is 1. The van der Waals surface area contributed by atoms with Crippen molar-refractivity contribution in [2.75, 3.05) is 12.9 Å². The van der Waals surface area contributed by atoms with Crippen molar-refractivity contribution in [1.29, 1.82) is 0 Å². The van der Waals surface area contributed by atoms with Gasteiger partial charge >= 0.3 is 5.69 Å². The molecule has 1 saturated carbocycles. The van der Waals surface area contributed by atoms with E-state index in [0.29, 0.717) is 18.3 Å². The highest BCUT2D eigenvalue weighted by Gasteiger charge is 2.24. The Morgan fingerprint density at radius 2 is 2.29 bits per heavy atom. The molecule has 1 N–H and O–H groups in total. The minimum atomic E-state index is -0.397. The summed E-state index contributed by atoms with van der Waals surface area (Å²) in [5.41, 5.74) is 0.955. The number of nitro groups is 1. The van der Waals surface area contributed by atoms with Gasteiger partial charge in [0, 0.05) is 23.9 Å². The fourth-order valence-electron chi connectivity index (χ4n) is 2.76. The molecule has 21 heavy (non-hydrogen) atoms. The van der Waals surface area contributed by atoms with Crippen LogP contribution in [-0.2, 0) is 6.54 Å². The second-order valence-electron chi connectivity index (χ2n) is 5.23. The number of nitrogens with zero attached hydrogens (tertiary/aromatic N) is 1. The van der Waals surface area contributed by atoms with Crippen LogP contribution in [0.5, 0.6) is 5.75 Å². The third kappa shape index (κ3) is 4.35. The summed E-state index contributed by atoms with van der Waals surface area (Å²) in [7, 11) is 1.45. The van der Waals surface area contributed by atoms with E-state index in [9.17, 15) is 10.1 Å². The normalized spacial score (nSPS) is 21.4. The number of hydrogen-bond acceptors (Lipinski definition) is 5.